The van der Waals surface area contributed by atoms with Gasteiger partial charge < -0.3 is 18.6 Å². The summed E-state index contributed by atoms with van der Waals surface area (Å²) in [6.07, 6.45) is 2.39. The zero-order chi connectivity index (χ0) is 32.7. The van der Waals surface area contributed by atoms with Crippen molar-refractivity contribution in [3.63, 3.8) is 0 Å². The second kappa shape index (κ2) is 13.9. The summed E-state index contributed by atoms with van der Waals surface area (Å²) in [4.78, 5) is 37.6. The van der Waals surface area contributed by atoms with Crippen molar-refractivity contribution in [2.75, 3.05) is 19.5 Å². The zero-order valence-corrected chi connectivity index (χ0v) is 24.3. The number of rotatable bonds is 9. The first-order chi connectivity index (χ1) is 20.6. The van der Waals surface area contributed by atoms with Crippen LogP contribution in [0.1, 0.15) is 11.1 Å². The average molecular weight is 654 g/mol. The van der Waals surface area contributed by atoms with E-state index in [1.807, 2.05) is 18.2 Å². The highest BCUT2D eigenvalue weighted by molar-refractivity contribution is 7.86. The highest BCUT2D eigenvalue weighted by Crippen LogP contribution is 2.35. The van der Waals surface area contributed by atoms with Gasteiger partial charge in [0.15, 0.2) is 16.4 Å². The van der Waals surface area contributed by atoms with Gasteiger partial charge in [0.05, 0.1) is 30.8 Å². The van der Waals surface area contributed by atoms with Gasteiger partial charge in [0.2, 0.25) is 0 Å². The molecule has 0 bridgehead atoms. The highest BCUT2D eigenvalue weighted by Gasteiger charge is 2.28. The van der Waals surface area contributed by atoms with Crippen LogP contribution in [0.2, 0.25) is 0 Å². The van der Waals surface area contributed by atoms with Crippen molar-refractivity contribution in [2.24, 2.45) is 0 Å². The van der Waals surface area contributed by atoms with Crippen LogP contribution in [0, 0.1) is 10.1 Å². The summed E-state index contributed by atoms with van der Waals surface area (Å²) >= 11 is 0. The molecule has 0 radical (unpaired) electrons. The predicted octanol–water partition coefficient (Wildman–Crippen LogP) is 3.18. The molecule has 2 heterocycles. The third-order valence-corrected chi connectivity index (χ3v) is 7.09. The van der Waals surface area contributed by atoms with Crippen molar-refractivity contribution in [1.29, 1.82) is 0 Å². The van der Waals surface area contributed by atoms with Crippen LogP contribution < -0.4 is 20.4 Å². The fourth-order valence-corrected chi connectivity index (χ4v) is 5.22. The molecule has 0 aliphatic carbocycles. The van der Waals surface area contributed by atoms with Crippen LogP contribution in [-0.2, 0) is 37.3 Å². The zero-order valence-electron chi connectivity index (χ0n) is 22.7. The van der Waals surface area contributed by atoms with Crippen molar-refractivity contribution >= 4 is 48.7 Å². The van der Waals surface area contributed by atoms with Gasteiger partial charge >= 0.3 is 21.8 Å². The molecule has 4 rings (SSSR count). The van der Waals surface area contributed by atoms with Gasteiger partial charge in [0, 0.05) is 35.1 Å². The Morgan fingerprint density at radius 1 is 1.02 bits per heavy atom. The number of anilines is 1. The molecule has 234 valence electrons. The number of ether oxygens (including phenoxy) is 3. The van der Waals surface area contributed by atoms with E-state index in [1.165, 1.54) is 20.3 Å². The molecule has 44 heavy (non-hydrogen) atoms. The fraction of sp³-hybridized carbons (Fsp3) is 0.160. The Morgan fingerprint density at radius 2 is 1.66 bits per heavy atom. The van der Waals surface area contributed by atoms with Crippen molar-refractivity contribution in [1.82, 2.24) is 4.98 Å². The molecule has 0 fully saturated rings. The molecule has 2 aromatic carbocycles. The van der Waals surface area contributed by atoms with E-state index in [1.54, 1.807) is 12.4 Å². The van der Waals surface area contributed by atoms with E-state index in [-0.39, 0.29) is 28.1 Å². The molecule has 0 spiro atoms. The van der Waals surface area contributed by atoms with Crippen LogP contribution in [0.4, 0.5) is 16.2 Å². The minimum atomic E-state index is -5.25. The first-order valence-electron chi connectivity index (χ1n) is 11.8. The number of nitro groups is 1. The third kappa shape index (κ3) is 8.70. The Hall–Kier alpha value is -5.11. The van der Waals surface area contributed by atoms with Crippen LogP contribution >= 0.6 is 0 Å². The van der Waals surface area contributed by atoms with E-state index < -0.39 is 71.0 Å². The average Bonchev–Trinajstić information content (AvgIpc) is 2.95. The van der Waals surface area contributed by atoms with Gasteiger partial charge in [-0.25, -0.2) is 9.59 Å². The standard InChI is InChI=1S/C20H18N2O14S2.C5H5N/c1-33-16-5-10(14(22(25)26)7-17(16)34-2)8-35-20(24)21-11-3-4-12-13(9-37(27,28)29)18(38(30,31)32)19(23)36-15(12)6-11;1-2-4-6-5-3-1/h3-7H,8-9H2,1-2H3,(H,21,24)(H,27,28,29)(H,30,31,32);1-5H. The lowest BCUT2D eigenvalue weighted by atomic mass is 10.1. The first kappa shape index (κ1) is 33.4. The minimum Gasteiger partial charge on any atom is -0.493 e. The molecule has 0 atom stereocenters. The maximum atomic E-state index is 12.3. The van der Waals surface area contributed by atoms with E-state index in [9.17, 15) is 45.6 Å². The van der Waals surface area contributed by atoms with Gasteiger partial charge in [-0.3, -0.25) is 29.5 Å². The van der Waals surface area contributed by atoms with Crippen molar-refractivity contribution in [3.8, 4) is 11.5 Å². The quantitative estimate of drug-likeness (QED) is 0.101. The van der Waals surface area contributed by atoms with E-state index in [0.717, 1.165) is 24.3 Å². The van der Waals surface area contributed by atoms with E-state index in [4.69, 9.17) is 18.6 Å². The lowest BCUT2D eigenvalue weighted by molar-refractivity contribution is -0.385. The summed E-state index contributed by atoms with van der Waals surface area (Å²) in [5.74, 6) is -1.12. The molecule has 19 heteroatoms. The highest BCUT2D eigenvalue weighted by atomic mass is 32.2. The lowest BCUT2D eigenvalue weighted by Crippen LogP contribution is -2.19. The SMILES string of the molecule is COc1cc(COC(=O)Nc2ccc3c(CS(=O)(=O)O)c(S(=O)(=O)O)c(=O)oc3c2)c([N+](=O)[O-])cc1OC.c1ccncc1. The molecule has 0 unspecified atom stereocenters. The third-order valence-electron chi connectivity index (χ3n) is 5.51. The monoisotopic (exact) mass is 653 g/mol. The smallest absolute Gasteiger partial charge is 0.411 e. The molecule has 0 aliphatic rings. The summed E-state index contributed by atoms with van der Waals surface area (Å²) in [6.45, 7) is -0.568. The van der Waals surface area contributed by atoms with Gasteiger partial charge in [-0.15, -0.1) is 0 Å². The van der Waals surface area contributed by atoms with Crippen molar-refractivity contribution in [3.05, 3.63) is 92.6 Å². The number of aromatic nitrogens is 1. The molecule has 0 saturated heterocycles. The second-order valence-electron chi connectivity index (χ2n) is 8.43. The molecule has 0 saturated carbocycles. The second-order valence-corrected chi connectivity index (χ2v) is 11.2. The summed E-state index contributed by atoms with van der Waals surface area (Å²) in [5.41, 5.74) is -3.31. The van der Waals surface area contributed by atoms with Crippen LogP contribution in [0.25, 0.3) is 11.0 Å². The van der Waals surface area contributed by atoms with E-state index >= 15 is 0 Å². The number of amides is 1. The Labute approximate surface area is 248 Å². The molecule has 0 aliphatic heterocycles. The normalized spacial score (nSPS) is 11.2. The molecule has 17 nitrogen and oxygen atoms in total. The van der Waals surface area contributed by atoms with Gasteiger partial charge in [-0.05, 0) is 30.3 Å². The van der Waals surface area contributed by atoms with Crippen LogP contribution in [0.15, 0.2) is 75.0 Å². The minimum absolute atomic E-state index is 0.0279. The number of carbonyl (C=O) groups excluding carboxylic acids is 1. The van der Waals surface area contributed by atoms with Gasteiger partial charge in [0.25, 0.3) is 15.8 Å². The molecular weight excluding hydrogens is 630 g/mol. The Morgan fingerprint density at radius 3 is 2.16 bits per heavy atom. The topological polar surface area (TPSA) is 252 Å². The molecule has 4 aromatic rings. The predicted molar refractivity (Wildman–Crippen MR) is 152 cm³/mol. The number of fused-ring (bicyclic) bond motifs is 1. The number of pyridine rings is 1. The Bertz CT molecular complexity index is 1940. The van der Waals surface area contributed by atoms with E-state index in [2.05, 4.69) is 10.3 Å². The fourth-order valence-electron chi connectivity index (χ4n) is 3.72. The van der Waals surface area contributed by atoms with Crippen LogP contribution in [0.3, 0.4) is 0 Å². The molecule has 3 N–H and O–H groups in total. The summed E-state index contributed by atoms with van der Waals surface area (Å²) in [6, 6.07) is 11.3. The number of methoxy groups -OCH3 is 2. The van der Waals surface area contributed by atoms with Gasteiger partial charge in [-0.2, -0.15) is 16.8 Å². The maximum absolute atomic E-state index is 12.3. The largest absolute Gasteiger partial charge is 0.493 e. The summed E-state index contributed by atoms with van der Waals surface area (Å²) in [7, 11) is -7.52. The van der Waals surface area contributed by atoms with Crippen molar-refractivity contribution in [2.45, 2.75) is 17.3 Å². The van der Waals surface area contributed by atoms with Gasteiger partial charge in [-0.1, -0.05) is 6.07 Å². The van der Waals surface area contributed by atoms with E-state index in [0.29, 0.717) is 0 Å². The molecule has 1 amide bonds. The molecular formula is C25H23N3O14S2. The number of benzene rings is 2. The number of hydrogen-bond donors (Lipinski definition) is 3. The number of hydrogen-bond acceptors (Lipinski definition) is 13. The lowest BCUT2D eigenvalue weighted by Gasteiger charge is -2.12. The number of carbonyl (C=O) groups is 1. The van der Waals surface area contributed by atoms with Crippen LogP contribution in [-0.4, -0.2) is 56.2 Å². The number of nitrogens with zero attached hydrogens (tertiary/aromatic N) is 2. The molecule has 2 aromatic heterocycles. The number of nitrogens with one attached hydrogen (secondary N) is 1. The van der Waals surface area contributed by atoms with Crippen LogP contribution in [0.5, 0.6) is 11.5 Å². The van der Waals surface area contributed by atoms with Gasteiger partial charge in [0.1, 0.15) is 17.9 Å². The Kier molecular flexibility index (Phi) is 10.6. The number of nitro benzene ring substituents is 1. The Balaban J connectivity index is 0.000000785. The van der Waals surface area contributed by atoms with Crippen molar-refractivity contribution < 1.29 is 54.3 Å². The first-order valence-corrected chi connectivity index (χ1v) is 14.9. The summed E-state index contributed by atoms with van der Waals surface area (Å²) in [5, 5.41) is 13.4. The maximum Gasteiger partial charge on any atom is 0.411 e. The summed E-state index contributed by atoms with van der Waals surface area (Å²) < 4.78 is 84.6.